The zero-order valence-electron chi connectivity index (χ0n) is 11.0. The Morgan fingerprint density at radius 2 is 2.21 bits per heavy atom. The first kappa shape index (κ1) is 13.3. The van der Waals surface area contributed by atoms with Crippen molar-refractivity contribution in [3.63, 3.8) is 0 Å². The fourth-order valence-corrected chi connectivity index (χ4v) is 2.04. The lowest BCUT2D eigenvalue weighted by Crippen LogP contribution is -2.26. The average Bonchev–Trinajstić information content (AvgIpc) is 3.17. The van der Waals surface area contributed by atoms with Crippen molar-refractivity contribution in [2.45, 2.75) is 39.2 Å². The van der Waals surface area contributed by atoms with Crippen molar-refractivity contribution in [3.8, 4) is 6.07 Å². The number of aliphatic carboxylic acids is 1. The molecule has 0 spiro atoms. The van der Waals surface area contributed by atoms with Crippen LogP contribution in [0.2, 0.25) is 0 Å². The van der Waals surface area contributed by atoms with Gasteiger partial charge in [0.2, 0.25) is 0 Å². The van der Waals surface area contributed by atoms with E-state index in [-0.39, 0.29) is 12.5 Å². The maximum absolute atomic E-state index is 10.9. The molecular formula is C13H16N4O2. The van der Waals surface area contributed by atoms with Crippen LogP contribution >= 0.6 is 0 Å². The monoisotopic (exact) mass is 260 g/mol. The number of carboxylic acids is 1. The number of anilines is 1. The molecule has 0 saturated heterocycles. The van der Waals surface area contributed by atoms with Crippen LogP contribution < -0.4 is 5.32 Å². The molecule has 1 aliphatic carbocycles. The van der Waals surface area contributed by atoms with Gasteiger partial charge in [-0.3, -0.25) is 4.79 Å². The number of rotatable bonds is 5. The van der Waals surface area contributed by atoms with E-state index in [0.29, 0.717) is 23.0 Å². The number of aryl methyl sites for hydroxylation is 1. The number of aromatic nitrogens is 2. The smallest absolute Gasteiger partial charge is 0.305 e. The lowest BCUT2D eigenvalue weighted by Gasteiger charge is -2.18. The molecular weight excluding hydrogens is 244 g/mol. The predicted molar refractivity (Wildman–Crippen MR) is 68.6 cm³/mol. The molecule has 1 aromatic heterocycles. The largest absolute Gasteiger partial charge is 0.481 e. The third kappa shape index (κ3) is 2.99. The summed E-state index contributed by atoms with van der Waals surface area (Å²) in [7, 11) is 0. The first-order valence-electron chi connectivity index (χ1n) is 6.25. The van der Waals surface area contributed by atoms with Crippen LogP contribution in [0.1, 0.15) is 36.1 Å². The van der Waals surface area contributed by atoms with Gasteiger partial charge in [-0.1, -0.05) is 0 Å². The lowest BCUT2D eigenvalue weighted by molar-refractivity contribution is -0.137. The van der Waals surface area contributed by atoms with Crippen LogP contribution in [-0.4, -0.2) is 27.3 Å². The zero-order valence-corrected chi connectivity index (χ0v) is 11.0. The van der Waals surface area contributed by atoms with Crippen molar-refractivity contribution in [3.05, 3.63) is 16.8 Å². The van der Waals surface area contributed by atoms with Crippen molar-refractivity contribution in [2.75, 3.05) is 5.32 Å². The first-order chi connectivity index (χ1) is 9.02. The summed E-state index contributed by atoms with van der Waals surface area (Å²) in [6, 6.07) is 1.93. The van der Waals surface area contributed by atoms with Crippen LogP contribution in [-0.2, 0) is 4.79 Å². The standard InChI is InChI=1S/C13H16N4O2/c1-7-8(2)16-17-13(10(7)6-14)15-11(5-12(18)19)9-3-4-9/h9,11H,3-5H2,1-2H3,(H,15,17)(H,18,19). The van der Waals surface area contributed by atoms with E-state index in [4.69, 9.17) is 5.11 Å². The molecule has 1 heterocycles. The van der Waals surface area contributed by atoms with E-state index in [2.05, 4.69) is 21.6 Å². The number of carbonyl (C=O) groups is 1. The van der Waals surface area contributed by atoms with Crippen LogP contribution in [0.25, 0.3) is 0 Å². The quantitative estimate of drug-likeness (QED) is 0.834. The van der Waals surface area contributed by atoms with Gasteiger partial charge in [0.15, 0.2) is 5.82 Å². The Bertz CT molecular complexity index is 546. The van der Waals surface area contributed by atoms with E-state index in [9.17, 15) is 10.1 Å². The molecule has 2 rings (SSSR count). The van der Waals surface area contributed by atoms with Gasteiger partial charge in [-0.05, 0) is 38.2 Å². The molecule has 2 N–H and O–H groups in total. The summed E-state index contributed by atoms with van der Waals surface area (Å²) in [5.74, 6) is -0.102. The number of nitrogens with zero attached hydrogens (tertiary/aromatic N) is 3. The van der Waals surface area contributed by atoms with Crippen molar-refractivity contribution in [1.29, 1.82) is 5.26 Å². The van der Waals surface area contributed by atoms with E-state index in [1.807, 2.05) is 6.92 Å². The third-order valence-electron chi connectivity index (χ3n) is 3.47. The number of nitriles is 1. The average molecular weight is 260 g/mol. The number of hydrogen-bond donors (Lipinski definition) is 2. The predicted octanol–water partition coefficient (Wildman–Crippen LogP) is 1.63. The summed E-state index contributed by atoms with van der Waals surface area (Å²) in [4.78, 5) is 10.9. The van der Waals surface area contributed by atoms with E-state index < -0.39 is 5.97 Å². The Kier molecular flexibility index (Phi) is 3.65. The number of hydrogen-bond acceptors (Lipinski definition) is 5. The normalized spacial score (nSPS) is 15.6. The maximum Gasteiger partial charge on any atom is 0.305 e. The summed E-state index contributed by atoms with van der Waals surface area (Å²) in [5, 5.41) is 29.2. The zero-order chi connectivity index (χ0) is 14.0. The van der Waals surface area contributed by atoms with Gasteiger partial charge < -0.3 is 10.4 Å². The summed E-state index contributed by atoms with van der Waals surface area (Å²) in [6.45, 7) is 3.61. The van der Waals surface area contributed by atoms with E-state index in [1.165, 1.54) is 0 Å². The molecule has 1 atom stereocenters. The highest BCUT2D eigenvalue weighted by Crippen LogP contribution is 2.36. The molecule has 1 fully saturated rings. The maximum atomic E-state index is 10.9. The van der Waals surface area contributed by atoms with Gasteiger partial charge >= 0.3 is 5.97 Å². The molecule has 1 unspecified atom stereocenters. The molecule has 100 valence electrons. The molecule has 0 aromatic carbocycles. The van der Waals surface area contributed by atoms with Gasteiger partial charge in [0, 0.05) is 6.04 Å². The van der Waals surface area contributed by atoms with E-state index >= 15 is 0 Å². The van der Waals surface area contributed by atoms with Crippen molar-refractivity contribution in [2.24, 2.45) is 5.92 Å². The Balaban J connectivity index is 2.24. The second-order valence-corrected chi connectivity index (χ2v) is 4.93. The molecule has 0 aliphatic heterocycles. The Labute approximate surface area is 111 Å². The van der Waals surface area contributed by atoms with E-state index in [1.54, 1.807) is 6.92 Å². The van der Waals surface area contributed by atoms with Gasteiger partial charge in [0.05, 0.1) is 12.1 Å². The molecule has 6 nitrogen and oxygen atoms in total. The fraction of sp³-hybridized carbons (Fsp3) is 0.538. The Morgan fingerprint density at radius 3 is 2.74 bits per heavy atom. The van der Waals surface area contributed by atoms with Crippen LogP contribution in [0.3, 0.4) is 0 Å². The summed E-state index contributed by atoms with van der Waals surface area (Å²) in [5.41, 5.74) is 1.94. The lowest BCUT2D eigenvalue weighted by atomic mass is 10.1. The SMILES string of the molecule is Cc1nnc(NC(CC(=O)O)C2CC2)c(C#N)c1C. The molecule has 1 aromatic rings. The topological polar surface area (TPSA) is 98.9 Å². The molecule has 19 heavy (non-hydrogen) atoms. The van der Waals surface area contributed by atoms with Crippen LogP contribution in [0.5, 0.6) is 0 Å². The highest BCUT2D eigenvalue weighted by Gasteiger charge is 2.33. The van der Waals surface area contributed by atoms with Gasteiger partial charge in [-0.15, -0.1) is 5.10 Å². The fourth-order valence-electron chi connectivity index (χ4n) is 2.04. The minimum absolute atomic E-state index is 0.0319. The highest BCUT2D eigenvalue weighted by atomic mass is 16.4. The second kappa shape index (κ2) is 5.22. The van der Waals surface area contributed by atoms with Gasteiger partial charge in [-0.2, -0.15) is 10.4 Å². The molecule has 0 bridgehead atoms. The van der Waals surface area contributed by atoms with E-state index in [0.717, 1.165) is 18.4 Å². The van der Waals surface area contributed by atoms with Gasteiger partial charge in [0.25, 0.3) is 0 Å². The summed E-state index contributed by atoms with van der Waals surface area (Å²) < 4.78 is 0. The minimum atomic E-state index is -0.847. The van der Waals surface area contributed by atoms with Crippen molar-refractivity contribution < 1.29 is 9.90 Å². The molecule has 0 radical (unpaired) electrons. The number of carboxylic acid groups (broad SMARTS) is 1. The van der Waals surface area contributed by atoms with Gasteiger partial charge in [-0.25, -0.2) is 0 Å². The molecule has 1 saturated carbocycles. The highest BCUT2D eigenvalue weighted by molar-refractivity contribution is 5.69. The van der Waals surface area contributed by atoms with Gasteiger partial charge in [0.1, 0.15) is 11.6 Å². The Morgan fingerprint density at radius 1 is 1.53 bits per heavy atom. The summed E-state index contributed by atoms with van der Waals surface area (Å²) >= 11 is 0. The summed E-state index contributed by atoms with van der Waals surface area (Å²) in [6.07, 6.45) is 2.07. The Hall–Kier alpha value is -2.16. The second-order valence-electron chi connectivity index (χ2n) is 4.93. The number of nitrogens with one attached hydrogen (secondary N) is 1. The van der Waals surface area contributed by atoms with Crippen molar-refractivity contribution in [1.82, 2.24) is 10.2 Å². The minimum Gasteiger partial charge on any atom is -0.481 e. The molecule has 0 amide bonds. The van der Waals surface area contributed by atoms with Crippen LogP contribution in [0.4, 0.5) is 5.82 Å². The third-order valence-corrected chi connectivity index (χ3v) is 3.47. The van der Waals surface area contributed by atoms with Crippen molar-refractivity contribution >= 4 is 11.8 Å². The molecule has 6 heteroatoms. The molecule has 1 aliphatic rings. The van der Waals surface area contributed by atoms with Crippen LogP contribution in [0.15, 0.2) is 0 Å². The first-order valence-corrected chi connectivity index (χ1v) is 6.25. The van der Waals surface area contributed by atoms with Crippen LogP contribution in [0, 0.1) is 31.1 Å².